The van der Waals surface area contributed by atoms with Crippen molar-refractivity contribution in [2.75, 3.05) is 18.7 Å². The molecule has 0 unspecified atom stereocenters. The number of imide groups is 1. The van der Waals surface area contributed by atoms with Gasteiger partial charge in [-0.3, -0.25) is 29.4 Å². The molecule has 0 aliphatic carbocycles. The minimum Gasteiger partial charge on any atom is -0.454 e. The summed E-state index contributed by atoms with van der Waals surface area (Å²) >= 11 is 0. The highest BCUT2D eigenvalue weighted by atomic mass is 16.7. The Hall–Kier alpha value is -3.95. The van der Waals surface area contributed by atoms with Crippen LogP contribution in [0.5, 0.6) is 11.5 Å². The number of ether oxygens (including phenoxy) is 2. The second-order valence-electron chi connectivity index (χ2n) is 5.77. The zero-order valence-corrected chi connectivity index (χ0v) is 13.6. The first-order valence-corrected chi connectivity index (χ1v) is 7.79. The number of nitrogens with one attached hydrogen (secondary N) is 1. The number of carbonyl (C=O) groups excluding carboxylic acids is 3. The molecule has 10 nitrogen and oxygen atoms in total. The van der Waals surface area contributed by atoms with Crippen molar-refractivity contribution in [2.45, 2.75) is 0 Å². The molecule has 0 saturated heterocycles. The molecule has 10 heteroatoms. The third kappa shape index (κ3) is 2.72. The number of nitrogens with zero attached hydrogens (tertiary/aromatic N) is 2. The molecule has 2 heterocycles. The first kappa shape index (κ1) is 16.5. The number of rotatable bonds is 4. The Morgan fingerprint density at radius 2 is 1.93 bits per heavy atom. The number of amides is 3. The molecule has 0 radical (unpaired) electrons. The topological polar surface area (TPSA) is 128 Å². The van der Waals surface area contributed by atoms with Gasteiger partial charge in [-0.05, 0) is 18.2 Å². The van der Waals surface area contributed by atoms with E-state index in [4.69, 9.17) is 9.47 Å². The van der Waals surface area contributed by atoms with Gasteiger partial charge in [0.15, 0.2) is 11.5 Å². The molecular formula is C17H11N3O7. The highest BCUT2D eigenvalue weighted by Crippen LogP contribution is 2.34. The van der Waals surface area contributed by atoms with E-state index in [9.17, 15) is 24.5 Å². The number of benzene rings is 2. The number of anilines is 1. The number of hydrogen-bond donors (Lipinski definition) is 1. The van der Waals surface area contributed by atoms with E-state index in [-0.39, 0.29) is 17.9 Å². The molecule has 4 rings (SSSR count). The summed E-state index contributed by atoms with van der Waals surface area (Å²) in [5.74, 6) is -1.25. The Morgan fingerprint density at radius 1 is 1.15 bits per heavy atom. The quantitative estimate of drug-likeness (QED) is 0.492. The lowest BCUT2D eigenvalue weighted by Gasteiger charge is -2.13. The van der Waals surface area contributed by atoms with Gasteiger partial charge in [0.25, 0.3) is 17.5 Å². The summed E-state index contributed by atoms with van der Waals surface area (Å²) in [6.45, 7) is -0.488. The van der Waals surface area contributed by atoms with Crippen LogP contribution < -0.4 is 14.8 Å². The smallest absolute Gasteiger partial charge is 0.282 e. The Balaban J connectivity index is 1.52. The van der Waals surface area contributed by atoms with Crippen LogP contribution in [0.1, 0.15) is 20.7 Å². The lowest BCUT2D eigenvalue weighted by Crippen LogP contribution is -2.37. The summed E-state index contributed by atoms with van der Waals surface area (Å²) in [6.07, 6.45) is 0. The maximum absolute atomic E-state index is 12.5. The molecule has 136 valence electrons. The van der Waals surface area contributed by atoms with Crippen LogP contribution in [0, 0.1) is 10.1 Å². The van der Waals surface area contributed by atoms with E-state index >= 15 is 0 Å². The van der Waals surface area contributed by atoms with Gasteiger partial charge >= 0.3 is 0 Å². The third-order valence-electron chi connectivity index (χ3n) is 4.13. The molecule has 0 spiro atoms. The summed E-state index contributed by atoms with van der Waals surface area (Å²) < 4.78 is 10.4. The molecule has 2 aliphatic heterocycles. The lowest BCUT2D eigenvalue weighted by atomic mass is 10.1. The van der Waals surface area contributed by atoms with Crippen molar-refractivity contribution in [2.24, 2.45) is 0 Å². The number of fused-ring (bicyclic) bond motifs is 2. The highest BCUT2D eigenvalue weighted by Gasteiger charge is 2.41. The van der Waals surface area contributed by atoms with Crippen molar-refractivity contribution < 1.29 is 28.8 Å². The standard InChI is InChI=1S/C17H11N3O7/c21-14(18-9-4-5-12-13(6-9)27-8-26-12)7-19-16(22)10-2-1-3-11(20(24)25)15(10)17(19)23/h1-6H,7-8H2,(H,18,21). The monoisotopic (exact) mass is 369 g/mol. The fourth-order valence-corrected chi connectivity index (χ4v) is 2.93. The fourth-order valence-electron chi connectivity index (χ4n) is 2.93. The van der Waals surface area contributed by atoms with E-state index in [2.05, 4.69) is 5.32 Å². The molecule has 3 amide bonds. The minimum atomic E-state index is -0.872. The van der Waals surface area contributed by atoms with Crippen LogP contribution in [0.2, 0.25) is 0 Å². The Labute approximate surface area is 151 Å². The van der Waals surface area contributed by atoms with Crippen LogP contribution in [0.4, 0.5) is 11.4 Å². The normalized spacial score (nSPS) is 14.3. The number of nitro groups is 1. The Morgan fingerprint density at radius 3 is 2.70 bits per heavy atom. The van der Waals surface area contributed by atoms with Gasteiger partial charge in [-0.2, -0.15) is 0 Å². The summed E-state index contributed by atoms with van der Waals surface area (Å²) in [4.78, 5) is 48.2. The van der Waals surface area contributed by atoms with Gasteiger partial charge in [0.2, 0.25) is 12.7 Å². The first-order chi connectivity index (χ1) is 13.0. The van der Waals surface area contributed by atoms with E-state index < -0.39 is 34.9 Å². The van der Waals surface area contributed by atoms with Gasteiger partial charge in [-0.1, -0.05) is 6.07 Å². The Bertz CT molecular complexity index is 1020. The van der Waals surface area contributed by atoms with E-state index in [1.54, 1.807) is 18.2 Å². The molecule has 27 heavy (non-hydrogen) atoms. The van der Waals surface area contributed by atoms with E-state index in [1.165, 1.54) is 12.1 Å². The third-order valence-corrected chi connectivity index (χ3v) is 4.13. The zero-order valence-electron chi connectivity index (χ0n) is 13.6. The molecule has 2 aromatic rings. The SMILES string of the molecule is O=C(CN1C(=O)c2cccc([N+](=O)[O-])c2C1=O)Nc1ccc2c(c1)OCO2. The number of hydrogen-bond acceptors (Lipinski definition) is 7. The predicted octanol–water partition coefficient (Wildman–Crippen LogP) is 1.56. The van der Waals surface area contributed by atoms with Crippen molar-refractivity contribution in [3.05, 3.63) is 57.6 Å². The summed E-state index contributed by atoms with van der Waals surface area (Å²) in [6, 6.07) is 8.52. The summed E-state index contributed by atoms with van der Waals surface area (Å²) in [5, 5.41) is 13.6. The fraction of sp³-hybridized carbons (Fsp3) is 0.118. The van der Waals surface area contributed by atoms with Gasteiger partial charge in [0.1, 0.15) is 12.1 Å². The molecular weight excluding hydrogens is 358 g/mol. The summed E-state index contributed by atoms with van der Waals surface area (Å²) in [7, 11) is 0. The predicted molar refractivity (Wildman–Crippen MR) is 89.7 cm³/mol. The average Bonchev–Trinajstić information content (AvgIpc) is 3.20. The van der Waals surface area contributed by atoms with Crippen LogP contribution >= 0.6 is 0 Å². The van der Waals surface area contributed by atoms with Crippen molar-refractivity contribution in [3.63, 3.8) is 0 Å². The first-order valence-electron chi connectivity index (χ1n) is 7.79. The zero-order chi connectivity index (χ0) is 19.1. The van der Waals surface area contributed by atoms with Gasteiger partial charge in [0, 0.05) is 17.8 Å². The lowest BCUT2D eigenvalue weighted by molar-refractivity contribution is -0.385. The number of carbonyl (C=O) groups is 3. The minimum absolute atomic E-state index is 0.0839. The molecule has 2 aromatic carbocycles. The van der Waals surface area contributed by atoms with Gasteiger partial charge in [-0.25, -0.2) is 0 Å². The van der Waals surface area contributed by atoms with E-state index in [1.807, 2.05) is 0 Å². The van der Waals surface area contributed by atoms with Crippen molar-refractivity contribution in [1.82, 2.24) is 4.90 Å². The van der Waals surface area contributed by atoms with Crippen molar-refractivity contribution in [3.8, 4) is 11.5 Å². The highest BCUT2D eigenvalue weighted by molar-refractivity contribution is 6.24. The second kappa shape index (κ2) is 6.09. The maximum atomic E-state index is 12.5. The van der Waals surface area contributed by atoms with E-state index in [0.717, 1.165) is 6.07 Å². The maximum Gasteiger partial charge on any atom is 0.282 e. The van der Waals surface area contributed by atoms with Crippen molar-refractivity contribution in [1.29, 1.82) is 0 Å². The van der Waals surface area contributed by atoms with Crippen LogP contribution in [0.25, 0.3) is 0 Å². The van der Waals surface area contributed by atoms with Crippen LogP contribution in [-0.2, 0) is 4.79 Å². The molecule has 0 fully saturated rings. The summed E-state index contributed by atoms with van der Waals surface area (Å²) in [5.41, 5.74) is -0.468. The number of nitro benzene ring substituents is 1. The molecule has 1 N–H and O–H groups in total. The molecule has 0 saturated carbocycles. The van der Waals surface area contributed by atoms with Crippen LogP contribution in [0.3, 0.4) is 0 Å². The molecule has 0 atom stereocenters. The van der Waals surface area contributed by atoms with Crippen LogP contribution in [0.15, 0.2) is 36.4 Å². The van der Waals surface area contributed by atoms with Crippen LogP contribution in [-0.4, -0.2) is 40.9 Å². The Kier molecular flexibility index (Phi) is 3.73. The second-order valence-corrected chi connectivity index (χ2v) is 5.77. The van der Waals surface area contributed by atoms with E-state index in [0.29, 0.717) is 22.1 Å². The van der Waals surface area contributed by atoms with Crippen molar-refractivity contribution >= 4 is 29.1 Å². The largest absolute Gasteiger partial charge is 0.454 e. The van der Waals surface area contributed by atoms with Gasteiger partial charge < -0.3 is 14.8 Å². The van der Waals surface area contributed by atoms with Gasteiger partial charge in [0.05, 0.1) is 10.5 Å². The van der Waals surface area contributed by atoms with Gasteiger partial charge in [-0.15, -0.1) is 0 Å². The average molecular weight is 369 g/mol. The molecule has 2 aliphatic rings. The molecule has 0 bridgehead atoms. The molecule has 0 aromatic heterocycles.